The number of nitrogens with one attached hydrogen (secondary N) is 2. The molecule has 2 aromatic carbocycles. The van der Waals surface area contributed by atoms with Crippen molar-refractivity contribution >= 4 is 23.5 Å². The zero-order chi connectivity index (χ0) is 23.5. The molecule has 0 aromatic heterocycles. The van der Waals surface area contributed by atoms with E-state index < -0.39 is 11.9 Å². The molecule has 0 spiro atoms. The van der Waals surface area contributed by atoms with E-state index >= 15 is 0 Å². The lowest BCUT2D eigenvalue weighted by molar-refractivity contribution is -0.124. The summed E-state index contributed by atoms with van der Waals surface area (Å²) in [5.41, 5.74) is 0.704. The molecule has 0 fully saturated rings. The van der Waals surface area contributed by atoms with Gasteiger partial charge in [0.2, 0.25) is 0 Å². The highest BCUT2D eigenvalue weighted by atomic mass is 16.5. The second-order valence-electron chi connectivity index (χ2n) is 6.86. The molecule has 172 valence electrons. The highest BCUT2D eigenvalue weighted by molar-refractivity contribution is 5.94. The number of benzene rings is 2. The maximum absolute atomic E-state index is 12.2. The van der Waals surface area contributed by atoms with E-state index in [2.05, 4.69) is 10.6 Å². The zero-order valence-electron chi connectivity index (χ0n) is 18.6. The van der Waals surface area contributed by atoms with Crippen molar-refractivity contribution in [3.05, 3.63) is 48.0 Å². The fourth-order valence-electron chi connectivity index (χ4n) is 2.62. The molecule has 9 heteroatoms. The van der Waals surface area contributed by atoms with Crippen molar-refractivity contribution in [2.45, 2.75) is 26.3 Å². The summed E-state index contributed by atoms with van der Waals surface area (Å²) < 4.78 is 21.0. The van der Waals surface area contributed by atoms with Gasteiger partial charge in [-0.1, -0.05) is 19.1 Å². The molecule has 0 aliphatic rings. The van der Waals surface area contributed by atoms with Gasteiger partial charge in [0, 0.05) is 6.04 Å². The molecule has 0 aliphatic carbocycles. The summed E-state index contributed by atoms with van der Waals surface area (Å²) in [6.45, 7) is 3.13. The van der Waals surface area contributed by atoms with E-state index in [0.717, 1.165) is 6.42 Å². The van der Waals surface area contributed by atoms with Crippen LogP contribution < -0.4 is 24.8 Å². The molecule has 2 rings (SSSR count). The first-order valence-electron chi connectivity index (χ1n) is 10.1. The van der Waals surface area contributed by atoms with Gasteiger partial charge in [-0.25, -0.2) is 4.79 Å². The Balaban J connectivity index is 1.94. The van der Waals surface area contributed by atoms with E-state index in [9.17, 15) is 14.4 Å². The van der Waals surface area contributed by atoms with E-state index in [4.69, 9.17) is 18.9 Å². The predicted molar refractivity (Wildman–Crippen MR) is 118 cm³/mol. The molecule has 0 aliphatic heterocycles. The first-order chi connectivity index (χ1) is 15.4. The number of rotatable bonds is 11. The minimum Gasteiger partial charge on any atom is -0.495 e. The molecule has 0 heterocycles. The van der Waals surface area contributed by atoms with Crippen LogP contribution in [0.3, 0.4) is 0 Å². The maximum atomic E-state index is 12.2. The summed E-state index contributed by atoms with van der Waals surface area (Å²) in [5.74, 6) is -0.405. The van der Waals surface area contributed by atoms with Crippen molar-refractivity contribution < 1.29 is 33.3 Å². The Morgan fingerprint density at radius 2 is 1.62 bits per heavy atom. The Morgan fingerprint density at radius 3 is 2.31 bits per heavy atom. The summed E-state index contributed by atoms with van der Waals surface area (Å²) in [7, 11) is 2.92. The van der Waals surface area contributed by atoms with Crippen molar-refractivity contribution in [2.75, 3.05) is 32.8 Å². The number of anilines is 1. The Labute approximate surface area is 187 Å². The Hall–Kier alpha value is -3.75. The highest BCUT2D eigenvalue weighted by Crippen LogP contribution is 2.29. The summed E-state index contributed by atoms with van der Waals surface area (Å²) in [6.07, 6.45) is 0.773. The number of carbonyl (C=O) groups is 3. The van der Waals surface area contributed by atoms with Crippen LogP contribution >= 0.6 is 0 Å². The number of methoxy groups -OCH3 is 2. The second-order valence-corrected chi connectivity index (χ2v) is 6.86. The van der Waals surface area contributed by atoms with Crippen LogP contribution in [-0.2, 0) is 14.3 Å². The number of amides is 2. The van der Waals surface area contributed by atoms with Gasteiger partial charge < -0.3 is 29.6 Å². The van der Waals surface area contributed by atoms with E-state index in [1.54, 1.807) is 24.3 Å². The molecule has 9 nitrogen and oxygen atoms in total. The SMILES string of the molecule is CCC(C)NC(=O)COC(=O)c1ccc(OCC(=O)Nc2ccccc2OC)c(OC)c1. The van der Waals surface area contributed by atoms with Gasteiger partial charge in [0.05, 0.1) is 25.5 Å². The fourth-order valence-corrected chi connectivity index (χ4v) is 2.62. The predicted octanol–water partition coefficient (Wildman–Crippen LogP) is 2.79. The summed E-state index contributed by atoms with van der Waals surface area (Å²) >= 11 is 0. The van der Waals surface area contributed by atoms with Crippen LogP contribution in [0.5, 0.6) is 17.2 Å². The second kappa shape index (κ2) is 12.2. The third-order valence-electron chi connectivity index (χ3n) is 4.49. The number of hydrogen-bond acceptors (Lipinski definition) is 7. The Kier molecular flexibility index (Phi) is 9.34. The lowest BCUT2D eigenvalue weighted by Gasteiger charge is -2.14. The molecular weight excluding hydrogens is 416 g/mol. The number of para-hydroxylation sites is 2. The van der Waals surface area contributed by atoms with Crippen molar-refractivity contribution in [3.8, 4) is 17.2 Å². The van der Waals surface area contributed by atoms with Gasteiger partial charge in [0.1, 0.15) is 5.75 Å². The summed E-state index contributed by atoms with van der Waals surface area (Å²) in [4.78, 5) is 36.2. The first-order valence-corrected chi connectivity index (χ1v) is 10.1. The smallest absolute Gasteiger partial charge is 0.338 e. The lowest BCUT2D eigenvalue weighted by Crippen LogP contribution is -2.35. The van der Waals surface area contributed by atoms with Crippen LogP contribution in [0.2, 0.25) is 0 Å². The Bertz CT molecular complexity index is 946. The molecule has 2 amide bonds. The molecule has 0 saturated carbocycles. The fraction of sp³-hybridized carbons (Fsp3) is 0.348. The summed E-state index contributed by atoms with van der Waals surface area (Å²) in [6, 6.07) is 11.4. The molecule has 32 heavy (non-hydrogen) atoms. The number of carbonyl (C=O) groups excluding carboxylic acids is 3. The molecule has 0 radical (unpaired) electrons. The highest BCUT2D eigenvalue weighted by Gasteiger charge is 2.16. The van der Waals surface area contributed by atoms with E-state index in [1.165, 1.54) is 32.4 Å². The van der Waals surface area contributed by atoms with Crippen LogP contribution in [0.4, 0.5) is 5.69 Å². The summed E-state index contributed by atoms with van der Waals surface area (Å²) in [5, 5.41) is 5.42. The molecule has 2 aromatic rings. The van der Waals surface area contributed by atoms with Gasteiger partial charge in [0.25, 0.3) is 11.8 Å². The van der Waals surface area contributed by atoms with Gasteiger partial charge in [-0.05, 0) is 43.7 Å². The number of hydrogen-bond donors (Lipinski definition) is 2. The van der Waals surface area contributed by atoms with E-state index in [0.29, 0.717) is 11.4 Å². The standard InChI is InChI=1S/C23H28N2O7/c1-5-15(2)24-21(26)14-32-23(28)16-10-11-19(20(12-16)30-4)31-13-22(27)25-17-8-6-7-9-18(17)29-3/h6-12,15H,5,13-14H2,1-4H3,(H,24,26)(H,25,27). The minimum absolute atomic E-state index is 0.00194. The van der Waals surface area contributed by atoms with Crippen LogP contribution in [-0.4, -0.2) is 51.3 Å². The van der Waals surface area contributed by atoms with Gasteiger partial charge >= 0.3 is 5.97 Å². The number of esters is 1. The van der Waals surface area contributed by atoms with E-state index in [1.807, 2.05) is 13.8 Å². The van der Waals surface area contributed by atoms with Crippen molar-refractivity contribution in [1.82, 2.24) is 5.32 Å². The van der Waals surface area contributed by atoms with Gasteiger partial charge in [-0.3, -0.25) is 9.59 Å². The molecule has 0 saturated heterocycles. The quantitative estimate of drug-likeness (QED) is 0.513. The minimum atomic E-state index is -0.678. The van der Waals surface area contributed by atoms with Crippen molar-refractivity contribution in [3.63, 3.8) is 0 Å². The molecule has 0 bridgehead atoms. The maximum Gasteiger partial charge on any atom is 0.338 e. The monoisotopic (exact) mass is 444 g/mol. The van der Waals surface area contributed by atoms with Crippen molar-refractivity contribution in [1.29, 1.82) is 0 Å². The third kappa shape index (κ3) is 7.19. The molecule has 2 N–H and O–H groups in total. The largest absolute Gasteiger partial charge is 0.495 e. The van der Waals surface area contributed by atoms with E-state index in [-0.39, 0.29) is 42.2 Å². The van der Waals surface area contributed by atoms with Crippen LogP contribution in [0.1, 0.15) is 30.6 Å². The van der Waals surface area contributed by atoms with Gasteiger partial charge in [0.15, 0.2) is 24.7 Å². The molecule has 1 atom stereocenters. The van der Waals surface area contributed by atoms with Crippen LogP contribution in [0, 0.1) is 0 Å². The first kappa shape index (κ1) is 24.5. The van der Waals surface area contributed by atoms with Gasteiger partial charge in [-0.2, -0.15) is 0 Å². The van der Waals surface area contributed by atoms with Crippen molar-refractivity contribution in [2.24, 2.45) is 0 Å². The molecular formula is C23H28N2O7. The third-order valence-corrected chi connectivity index (χ3v) is 4.49. The normalized spacial score (nSPS) is 11.1. The molecule has 1 unspecified atom stereocenters. The lowest BCUT2D eigenvalue weighted by atomic mass is 10.2. The van der Waals surface area contributed by atoms with Crippen LogP contribution in [0.15, 0.2) is 42.5 Å². The zero-order valence-corrected chi connectivity index (χ0v) is 18.6. The van der Waals surface area contributed by atoms with Crippen LogP contribution in [0.25, 0.3) is 0 Å². The average molecular weight is 444 g/mol. The topological polar surface area (TPSA) is 112 Å². The van der Waals surface area contributed by atoms with Gasteiger partial charge in [-0.15, -0.1) is 0 Å². The average Bonchev–Trinajstić information content (AvgIpc) is 2.81. The Morgan fingerprint density at radius 1 is 0.906 bits per heavy atom. The number of ether oxygens (including phenoxy) is 4.